The zero-order valence-corrected chi connectivity index (χ0v) is 22.0. The van der Waals surface area contributed by atoms with Crippen molar-refractivity contribution in [2.75, 3.05) is 0 Å². The molecule has 0 atom stereocenters. The van der Waals surface area contributed by atoms with Crippen LogP contribution in [0.3, 0.4) is 0 Å². The van der Waals surface area contributed by atoms with Gasteiger partial charge in [-0.05, 0) is 24.3 Å². The van der Waals surface area contributed by atoms with Crippen LogP contribution in [0.15, 0.2) is 95.4 Å². The molecule has 178 valence electrons. The lowest BCUT2D eigenvalue weighted by Gasteiger charge is -2.07. The molecule has 34 heavy (non-hydrogen) atoms. The van der Waals surface area contributed by atoms with E-state index in [-0.39, 0.29) is 0 Å². The number of benzene rings is 4. The van der Waals surface area contributed by atoms with Gasteiger partial charge in [0, 0.05) is 21.5 Å². The molecular weight excluding hydrogens is 414 g/mol. The molecular formula is C32H39NO. The SMILES string of the molecule is CC.CC.CC.CC.c1ccc2c(c1)oc1ccccc1n1c3ccccc3c3cccc2c31. The second kappa shape index (κ2) is 13.3. The van der Waals surface area contributed by atoms with E-state index in [0.717, 1.165) is 22.1 Å². The molecule has 0 fully saturated rings. The highest BCUT2D eigenvalue weighted by molar-refractivity contribution is 6.19. The van der Waals surface area contributed by atoms with Crippen LogP contribution in [0.5, 0.6) is 0 Å². The molecule has 0 aliphatic rings. The zero-order chi connectivity index (χ0) is 25.1. The van der Waals surface area contributed by atoms with Crippen molar-refractivity contribution >= 4 is 49.3 Å². The fourth-order valence-corrected chi connectivity index (χ4v) is 4.11. The second-order valence-corrected chi connectivity index (χ2v) is 6.62. The van der Waals surface area contributed by atoms with Crippen molar-refractivity contribution in [2.45, 2.75) is 55.4 Å². The minimum Gasteiger partial charge on any atom is -0.455 e. The van der Waals surface area contributed by atoms with E-state index < -0.39 is 0 Å². The fraction of sp³-hybridized carbons (Fsp3) is 0.250. The van der Waals surface area contributed by atoms with Crippen LogP contribution in [0, 0.1) is 0 Å². The van der Waals surface area contributed by atoms with Gasteiger partial charge in [-0.2, -0.15) is 0 Å². The van der Waals surface area contributed by atoms with E-state index in [2.05, 4.69) is 71.1 Å². The van der Waals surface area contributed by atoms with E-state index in [1.54, 1.807) is 0 Å². The van der Waals surface area contributed by atoms with Gasteiger partial charge >= 0.3 is 0 Å². The molecule has 0 saturated heterocycles. The van der Waals surface area contributed by atoms with Gasteiger partial charge in [0.1, 0.15) is 5.58 Å². The van der Waals surface area contributed by atoms with Crippen LogP contribution in [-0.2, 0) is 0 Å². The van der Waals surface area contributed by atoms with Crippen LogP contribution in [0.1, 0.15) is 55.4 Å². The summed E-state index contributed by atoms with van der Waals surface area (Å²) < 4.78 is 8.71. The Hall–Kier alpha value is -3.52. The Labute approximate surface area is 204 Å². The van der Waals surface area contributed by atoms with Gasteiger partial charge in [0.2, 0.25) is 0 Å². The Bertz CT molecular complexity index is 1480. The third-order valence-corrected chi connectivity index (χ3v) is 5.20. The van der Waals surface area contributed by atoms with E-state index in [4.69, 9.17) is 4.42 Å². The number of fused-ring (bicyclic) bond motifs is 7. The molecule has 0 aliphatic heterocycles. The average molecular weight is 454 g/mol. The summed E-state index contributed by atoms with van der Waals surface area (Å²) in [5.74, 6) is 0. The smallest absolute Gasteiger partial charge is 0.151 e. The normalized spacial score (nSPS) is 9.76. The highest BCUT2D eigenvalue weighted by atomic mass is 16.3. The van der Waals surface area contributed by atoms with Crippen molar-refractivity contribution in [3.63, 3.8) is 0 Å². The third-order valence-electron chi connectivity index (χ3n) is 5.20. The van der Waals surface area contributed by atoms with Crippen LogP contribution in [-0.4, -0.2) is 4.40 Å². The summed E-state index contributed by atoms with van der Waals surface area (Å²) >= 11 is 0. The van der Waals surface area contributed by atoms with E-state index in [1.807, 2.05) is 79.7 Å². The summed E-state index contributed by atoms with van der Waals surface area (Å²) in [6.07, 6.45) is 0. The maximum absolute atomic E-state index is 6.37. The van der Waals surface area contributed by atoms with Gasteiger partial charge in [-0.25, -0.2) is 0 Å². The second-order valence-electron chi connectivity index (χ2n) is 6.62. The minimum atomic E-state index is 0.872. The fourth-order valence-electron chi connectivity index (χ4n) is 4.11. The molecule has 2 nitrogen and oxygen atoms in total. The van der Waals surface area contributed by atoms with Crippen molar-refractivity contribution < 1.29 is 4.42 Å². The first-order chi connectivity index (χ1) is 16.9. The van der Waals surface area contributed by atoms with Gasteiger partial charge < -0.3 is 8.82 Å². The first-order valence-corrected chi connectivity index (χ1v) is 12.8. The Morgan fingerprint density at radius 3 is 1.50 bits per heavy atom. The van der Waals surface area contributed by atoms with E-state index in [9.17, 15) is 0 Å². The first-order valence-electron chi connectivity index (χ1n) is 12.8. The molecule has 6 rings (SSSR count). The van der Waals surface area contributed by atoms with Crippen molar-refractivity contribution in [3.8, 4) is 0 Å². The molecule has 0 spiro atoms. The molecule has 0 radical (unpaired) electrons. The van der Waals surface area contributed by atoms with Crippen LogP contribution in [0.25, 0.3) is 49.3 Å². The largest absolute Gasteiger partial charge is 0.455 e. The van der Waals surface area contributed by atoms with Crippen LogP contribution in [0.4, 0.5) is 0 Å². The standard InChI is InChI=1S/C24H15NO.4C2H6/c1-3-12-20-16(8-1)18-10-7-11-19-17-9-2-5-14-22(17)26-23-15-6-4-13-21(23)25(20)24(18)19;4*1-2/h1-15H;4*1-2H3. The molecule has 2 aromatic heterocycles. The Morgan fingerprint density at radius 1 is 0.412 bits per heavy atom. The van der Waals surface area contributed by atoms with Crippen molar-refractivity contribution in [1.29, 1.82) is 0 Å². The van der Waals surface area contributed by atoms with Gasteiger partial charge in [-0.3, -0.25) is 0 Å². The van der Waals surface area contributed by atoms with Crippen molar-refractivity contribution in [1.82, 2.24) is 4.40 Å². The number of hydrogen-bond acceptors (Lipinski definition) is 1. The van der Waals surface area contributed by atoms with E-state index >= 15 is 0 Å². The Morgan fingerprint density at radius 2 is 0.853 bits per heavy atom. The Kier molecular flexibility index (Phi) is 10.4. The average Bonchev–Trinajstić information content (AvgIpc) is 3.27. The molecule has 0 amide bonds. The lowest BCUT2D eigenvalue weighted by atomic mass is 10.1. The molecule has 2 heterocycles. The maximum atomic E-state index is 6.37. The summed E-state index contributed by atoms with van der Waals surface area (Å²) in [5.41, 5.74) is 5.27. The lowest BCUT2D eigenvalue weighted by molar-refractivity contribution is 0.661. The summed E-state index contributed by atoms with van der Waals surface area (Å²) in [7, 11) is 0. The number of nitrogens with zero attached hydrogens (tertiary/aromatic N) is 1. The van der Waals surface area contributed by atoms with Gasteiger partial charge in [-0.15, -0.1) is 0 Å². The number of para-hydroxylation sites is 5. The summed E-state index contributed by atoms with van der Waals surface area (Å²) in [4.78, 5) is 0. The monoisotopic (exact) mass is 453 g/mol. The third kappa shape index (κ3) is 4.72. The maximum Gasteiger partial charge on any atom is 0.151 e. The summed E-state index contributed by atoms with van der Waals surface area (Å²) in [6, 6.07) is 31.7. The van der Waals surface area contributed by atoms with Crippen LogP contribution in [0.2, 0.25) is 0 Å². The van der Waals surface area contributed by atoms with E-state index in [1.165, 1.54) is 27.2 Å². The van der Waals surface area contributed by atoms with Crippen molar-refractivity contribution in [3.05, 3.63) is 91.0 Å². The summed E-state index contributed by atoms with van der Waals surface area (Å²) in [5, 5.41) is 4.85. The highest BCUT2D eigenvalue weighted by Gasteiger charge is 2.13. The number of rotatable bonds is 0. The van der Waals surface area contributed by atoms with Crippen LogP contribution < -0.4 is 0 Å². The molecule has 0 aliphatic carbocycles. The van der Waals surface area contributed by atoms with Crippen LogP contribution >= 0.6 is 0 Å². The zero-order valence-electron chi connectivity index (χ0n) is 22.0. The Balaban J connectivity index is 0.000000467. The van der Waals surface area contributed by atoms with E-state index in [0.29, 0.717) is 0 Å². The molecule has 6 aromatic rings. The molecule has 4 aromatic carbocycles. The number of hydrogen-bond donors (Lipinski definition) is 0. The lowest BCUT2D eigenvalue weighted by Crippen LogP contribution is -1.88. The molecule has 2 heteroatoms. The predicted molar refractivity (Wildman–Crippen MR) is 154 cm³/mol. The molecule has 0 unspecified atom stereocenters. The quantitative estimate of drug-likeness (QED) is 0.223. The topological polar surface area (TPSA) is 17.6 Å². The van der Waals surface area contributed by atoms with Crippen molar-refractivity contribution in [2.24, 2.45) is 0 Å². The predicted octanol–water partition coefficient (Wildman–Crippen LogP) is 10.8. The van der Waals surface area contributed by atoms with Gasteiger partial charge in [0.25, 0.3) is 0 Å². The molecule has 0 N–H and O–H groups in total. The van der Waals surface area contributed by atoms with Gasteiger partial charge in [-0.1, -0.05) is 122 Å². The summed E-state index contributed by atoms with van der Waals surface area (Å²) in [6.45, 7) is 16.0. The number of aromatic nitrogens is 1. The van der Waals surface area contributed by atoms with Gasteiger partial charge in [0.15, 0.2) is 5.58 Å². The molecule has 0 saturated carbocycles. The minimum absolute atomic E-state index is 0.872. The highest BCUT2D eigenvalue weighted by Crippen LogP contribution is 2.36. The first kappa shape index (κ1) is 26.7. The van der Waals surface area contributed by atoms with Gasteiger partial charge in [0.05, 0.1) is 16.6 Å². The molecule has 0 bridgehead atoms.